The molecule has 39 heavy (non-hydrogen) atoms. The van der Waals surface area contributed by atoms with Crippen LogP contribution in [0.25, 0.3) is 0 Å². The number of anilines is 3. The molecule has 1 atom stereocenters. The van der Waals surface area contributed by atoms with E-state index < -0.39 is 11.7 Å². The van der Waals surface area contributed by atoms with E-state index in [1.165, 1.54) is 36.9 Å². The first-order chi connectivity index (χ1) is 18.9. The molecule has 5 rings (SSSR count). The number of ether oxygens (including phenoxy) is 2. The average Bonchev–Trinajstić information content (AvgIpc) is 3.46. The standard InChI is InChI=1S/C30H30FN5O3/c1-19-5-3-6-20(2)27(19)35-28(37)26-17-33-30(36-29(26)39-25-12-8-21(31)9-13-25)34-22-10-14-24(15-11-22)38-18-23-7-4-16-32-23/h3,5-6,8-15,17,23,32H,4,7,16,18H2,1-2H3,(H,35,37)(H,33,34,36)/t23-/m1/s1. The van der Waals surface area contributed by atoms with Gasteiger partial charge in [0.1, 0.15) is 29.5 Å². The smallest absolute Gasteiger partial charge is 0.262 e. The van der Waals surface area contributed by atoms with Gasteiger partial charge in [-0.1, -0.05) is 18.2 Å². The summed E-state index contributed by atoms with van der Waals surface area (Å²) < 4.78 is 25.2. The lowest BCUT2D eigenvalue weighted by Crippen LogP contribution is -2.28. The van der Waals surface area contributed by atoms with E-state index in [1.54, 1.807) is 0 Å². The number of aryl methyl sites for hydroxylation is 2. The van der Waals surface area contributed by atoms with E-state index in [0.717, 1.165) is 35.5 Å². The predicted octanol–water partition coefficient (Wildman–Crippen LogP) is 6.15. The van der Waals surface area contributed by atoms with Crippen LogP contribution in [0.1, 0.15) is 34.3 Å². The number of carbonyl (C=O) groups is 1. The van der Waals surface area contributed by atoms with Gasteiger partial charge in [-0.25, -0.2) is 9.37 Å². The van der Waals surface area contributed by atoms with Crippen molar-refractivity contribution in [3.8, 4) is 17.4 Å². The maximum atomic E-state index is 13.4. The number of hydrogen-bond donors (Lipinski definition) is 3. The summed E-state index contributed by atoms with van der Waals surface area (Å²) in [6.45, 7) is 5.51. The Balaban J connectivity index is 1.35. The molecular weight excluding hydrogens is 497 g/mol. The van der Waals surface area contributed by atoms with Crippen molar-refractivity contribution in [3.05, 3.63) is 95.4 Å². The van der Waals surface area contributed by atoms with Gasteiger partial charge >= 0.3 is 0 Å². The van der Waals surface area contributed by atoms with E-state index in [0.29, 0.717) is 24.1 Å². The first-order valence-corrected chi connectivity index (χ1v) is 12.9. The molecule has 8 nitrogen and oxygen atoms in total. The van der Waals surface area contributed by atoms with Crippen LogP contribution in [0.5, 0.6) is 17.4 Å². The Bertz CT molecular complexity index is 1420. The number of amides is 1. The third kappa shape index (κ3) is 6.69. The number of nitrogens with one attached hydrogen (secondary N) is 3. The van der Waals surface area contributed by atoms with Crippen LogP contribution in [-0.4, -0.2) is 35.1 Å². The summed E-state index contributed by atoms with van der Waals surface area (Å²) in [5.41, 5.74) is 3.44. The highest BCUT2D eigenvalue weighted by Crippen LogP contribution is 2.28. The number of carbonyl (C=O) groups excluding carboxylic acids is 1. The van der Waals surface area contributed by atoms with Crippen LogP contribution in [-0.2, 0) is 0 Å². The summed E-state index contributed by atoms with van der Waals surface area (Å²) in [5.74, 6) is 0.558. The molecule has 1 fully saturated rings. The van der Waals surface area contributed by atoms with Gasteiger partial charge in [0, 0.05) is 23.6 Å². The molecule has 200 valence electrons. The molecule has 0 aliphatic carbocycles. The zero-order chi connectivity index (χ0) is 27.2. The molecule has 0 unspecified atom stereocenters. The second-order valence-electron chi connectivity index (χ2n) is 9.44. The minimum Gasteiger partial charge on any atom is -0.492 e. The van der Waals surface area contributed by atoms with Gasteiger partial charge in [0.25, 0.3) is 5.91 Å². The molecule has 9 heteroatoms. The largest absolute Gasteiger partial charge is 0.492 e. The van der Waals surface area contributed by atoms with Gasteiger partial charge in [-0.05, 0) is 92.9 Å². The van der Waals surface area contributed by atoms with Gasteiger partial charge in [0.15, 0.2) is 0 Å². The van der Waals surface area contributed by atoms with Crippen molar-refractivity contribution in [2.24, 2.45) is 0 Å². The van der Waals surface area contributed by atoms with Crippen LogP contribution < -0.4 is 25.4 Å². The maximum absolute atomic E-state index is 13.4. The van der Waals surface area contributed by atoms with Gasteiger partial charge in [0.2, 0.25) is 11.8 Å². The summed E-state index contributed by atoms with van der Waals surface area (Å²) in [5, 5.41) is 9.49. The highest BCUT2D eigenvalue weighted by atomic mass is 19.1. The molecule has 2 heterocycles. The monoisotopic (exact) mass is 527 g/mol. The number of rotatable bonds is 9. The third-order valence-electron chi connectivity index (χ3n) is 6.47. The van der Waals surface area contributed by atoms with Crippen molar-refractivity contribution in [2.45, 2.75) is 32.7 Å². The summed E-state index contributed by atoms with van der Waals surface area (Å²) >= 11 is 0. The van der Waals surface area contributed by atoms with E-state index in [-0.39, 0.29) is 17.4 Å². The molecular formula is C30H30FN5O3. The SMILES string of the molecule is Cc1cccc(C)c1NC(=O)c1cnc(Nc2ccc(OC[C@H]3CCCN3)cc2)nc1Oc1ccc(F)cc1. The number of nitrogens with zero attached hydrogens (tertiary/aromatic N) is 2. The summed E-state index contributed by atoms with van der Waals surface area (Å²) in [6.07, 6.45) is 3.71. The van der Waals surface area contributed by atoms with Gasteiger partial charge < -0.3 is 25.4 Å². The number of para-hydroxylation sites is 1. The molecule has 0 saturated carbocycles. The number of hydrogen-bond acceptors (Lipinski definition) is 7. The fraction of sp³-hybridized carbons (Fsp3) is 0.233. The van der Waals surface area contributed by atoms with Gasteiger partial charge in [-0.3, -0.25) is 4.79 Å². The topological polar surface area (TPSA) is 97.4 Å². The van der Waals surface area contributed by atoms with Gasteiger partial charge in [-0.2, -0.15) is 4.98 Å². The van der Waals surface area contributed by atoms with Crippen LogP contribution in [0.4, 0.5) is 21.7 Å². The molecule has 0 spiro atoms. The number of halogens is 1. The third-order valence-corrected chi connectivity index (χ3v) is 6.47. The minimum absolute atomic E-state index is 0.0341. The van der Waals surface area contributed by atoms with Crippen LogP contribution in [0, 0.1) is 19.7 Å². The van der Waals surface area contributed by atoms with Crippen molar-refractivity contribution >= 4 is 23.2 Å². The zero-order valence-corrected chi connectivity index (χ0v) is 21.8. The normalized spacial score (nSPS) is 14.6. The van der Waals surface area contributed by atoms with E-state index in [1.807, 2.05) is 56.3 Å². The van der Waals surface area contributed by atoms with Crippen LogP contribution in [0.3, 0.4) is 0 Å². The molecule has 1 aliphatic heterocycles. The predicted molar refractivity (Wildman–Crippen MR) is 149 cm³/mol. The Kier molecular flexibility index (Phi) is 7.98. The van der Waals surface area contributed by atoms with Crippen LogP contribution >= 0.6 is 0 Å². The second-order valence-corrected chi connectivity index (χ2v) is 9.44. The molecule has 0 bridgehead atoms. The Hall–Kier alpha value is -4.50. The van der Waals surface area contributed by atoms with Crippen molar-refractivity contribution < 1.29 is 18.7 Å². The van der Waals surface area contributed by atoms with Crippen molar-refractivity contribution in [3.63, 3.8) is 0 Å². The number of benzene rings is 3. The van der Waals surface area contributed by atoms with Crippen LogP contribution in [0.2, 0.25) is 0 Å². The fourth-order valence-electron chi connectivity index (χ4n) is 4.33. The van der Waals surface area contributed by atoms with E-state index in [4.69, 9.17) is 9.47 Å². The number of aromatic nitrogens is 2. The van der Waals surface area contributed by atoms with Crippen molar-refractivity contribution in [1.29, 1.82) is 0 Å². The van der Waals surface area contributed by atoms with Gasteiger partial charge in [0.05, 0.1) is 0 Å². The van der Waals surface area contributed by atoms with Crippen molar-refractivity contribution in [2.75, 3.05) is 23.8 Å². The molecule has 1 aliphatic rings. The van der Waals surface area contributed by atoms with Gasteiger partial charge in [-0.15, -0.1) is 0 Å². The molecule has 1 saturated heterocycles. The first kappa shape index (κ1) is 26.1. The first-order valence-electron chi connectivity index (χ1n) is 12.9. The molecule has 0 radical (unpaired) electrons. The zero-order valence-electron chi connectivity index (χ0n) is 21.8. The molecule has 3 aromatic carbocycles. The van der Waals surface area contributed by atoms with Crippen LogP contribution in [0.15, 0.2) is 72.9 Å². The lowest BCUT2D eigenvalue weighted by atomic mass is 10.1. The summed E-state index contributed by atoms with van der Waals surface area (Å²) in [6, 6.07) is 19.1. The van der Waals surface area contributed by atoms with E-state index in [9.17, 15) is 9.18 Å². The van der Waals surface area contributed by atoms with E-state index in [2.05, 4.69) is 25.9 Å². The second kappa shape index (κ2) is 11.9. The highest BCUT2D eigenvalue weighted by molar-refractivity contribution is 6.06. The van der Waals surface area contributed by atoms with Crippen molar-refractivity contribution in [1.82, 2.24) is 15.3 Å². The van der Waals surface area contributed by atoms with E-state index >= 15 is 0 Å². The maximum Gasteiger partial charge on any atom is 0.262 e. The molecule has 1 amide bonds. The Labute approximate surface area is 226 Å². The quantitative estimate of drug-likeness (QED) is 0.240. The molecule has 1 aromatic heterocycles. The Morgan fingerprint density at radius 3 is 2.44 bits per heavy atom. The Morgan fingerprint density at radius 2 is 1.74 bits per heavy atom. The lowest BCUT2D eigenvalue weighted by Gasteiger charge is -2.15. The highest BCUT2D eigenvalue weighted by Gasteiger charge is 2.19. The molecule has 4 aromatic rings. The summed E-state index contributed by atoms with van der Waals surface area (Å²) in [7, 11) is 0. The fourth-order valence-corrected chi connectivity index (χ4v) is 4.33. The Morgan fingerprint density at radius 1 is 1.03 bits per heavy atom. The lowest BCUT2D eigenvalue weighted by molar-refractivity contribution is 0.102. The molecule has 3 N–H and O–H groups in total. The summed E-state index contributed by atoms with van der Waals surface area (Å²) in [4.78, 5) is 22.1. The minimum atomic E-state index is -0.422. The average molecular weight is 528 g/mol.